The second-order valence-corrected chi connectivity index (χ2v) is 6.20. The van der Waals surface area contributed by atoms with Crippen LogP contribution >= 0.6 is 36.4 Å². The zero-order valence-electron chi connectivity index (χ0n) is 15.4. The van der Waals surface area contributed by atoms with Crippen LogP contribution in [-0.2, 0) is 13.2 Å². The van der Waals surface area contributed by atoms with Crippen LogP contribution in [0.3, 0.4) is 0 Å². The number of hydrogen-bond donors (Lipinski definition) is 1. The molecule has 26 heavy (non-hydrogen) atoms. The van der Waals surface area contributed by atoms with Crippen molar-refractivity contribution in [2.75, 3.05) is 26.2 Å². The maximum atomic E-state index is 5.90. The van der Waals surface area contributed by atoms with E-state index in [4.69, 9.17) is 16.3 Å². The summed E-state index contributed by atoms with van der Waals surface area (Å²) in [4.78, 5) is 2.42. The van der Waals surface area contributed by atoms with Crippen LogP contribution in [-0.4, -0.2) is 31.1 Å². The van der Waals surface area contributed by atoms with E-state index in [1.165, 1.54) is 5.56 Å². The van der Waals surface area contributed by atoms with Gasteiger partial charge in [-0.3, -0.25) is 0 Å². The van der Waals surface area contributed by atoms with E-state index in [2.05, 4.69) is 36.2 Å². The second kappa shape index (κ2) is 14.1. The molecule has 0 aliphatic carbocycles. The largest absolute Gasteiger partial charge is 0.489 e. The maximum Gasteiger partial charge on any atom is 0.120 e. The fraction of sp³-hybridized carbons (Fsp3) is 0.400. The number of hydrogen-bond acceptors (Lipinski definition) is 3. The average Bonchev–Trinajstić information content (AvgIpc) is 2.62. The van der Waals surface area contributed by atoms with Crippen LogP contribution in [0.2, 0.25) is 5.02 Å². The minimum absolute atomic E-state index is 0. The number of benzene rings is 2. The zero-order valence-corrected chi connectivity index (χ0v) is 17.8. The Kier molecular flexibility index (Phi) is 13.6. The van der Waals surface area contributed by atoms with E-state index in [0.717, 1.165) is 49.1 Å². The Morgan fingerprint density at radius 2 is 1.65 bits per heavy atom. The van der Waals surface area contributed by atoms with E-state index in [1.807, 2.05) is 36.4 Å². The summed E-state index contributed by atoms with van der Waals surface area (Å²) >= 11 is 5.90. The molecule has 0 saturated heterocycles. The van der Waals surface area contributed by atoms with Crippen molar-refractivity contribution in [3.05, 3.63) is 64.7 Å². The van der Waals surface area contributed by atoms with Gasteiger partial charge in [0.2, 0.25) is 0 Å². The van der Waals surface area contributed by atoms with Gasteiger partial charge in [-0.05, 0) is 48.5 Å². The molecule has 0 saturated carbocycles. The first-order chi connectivity index (χ1) is 11.7. The Hall–Kier alpha value is -0.970. The van der Waals surface area contributed by atoms with E-state index in [0.29, 0.717) is 6.61 Å². The van der Waals surface area contributed by atoms with Gasteiger partial charge in [-0.25, -0.2) is 0 Å². The Bertz CT molecular complexity index is 604. The van der Waals surface area contributed by atoms with E-state index in [9.17, 15) is 0 Å². The van der Waals surface area contributed by atoms with Gasteiger partial charge >= 0.3 is 0 Å². The first-order valence-corrected chi connectivity index (χ1v) is 8.98. The molecule has 6 heteroatoms. The first-order valence-electron chi connectivity index (χ1n) is 8.60. The Morgan fingerprint density at radius 1 is 0.962 bits per heavy atom. The fourth-order valence-corrected chi connectivity index (χ4v) is 2.63. The molecule has 1 N–H and O–H groups in total. The van der Waals surface area contributed by atoms with Crippen molar-refractivity contribution in [1.29, 1.82) is 0 Å². The lowest BCUT2D eigenvalue weighted by Gasteiger charge is -2.18. The topological polar surface area (TPSA) is 24.5 Å². The third kappa shape index (κ3) is 9.11. The monoisotopic (exact) mass is 418 g/mol. The van der Waals surface area contributed by atoms with E-state index >= 15 is 0 Å². The standard InChI is InChI=1S/C20H27ClN2O.2ClH/c1-3-23(4-2)13-12-22-15-18-6-5-7-20(14-18)24-16-17-8-10-19(21)11-9-17;;/h5-11,14,22H,3-4,12-13,15-16H2,1-2H3;2*1H. The average molecular weight is 420 g/mol. The van der Waals surface area contributed by atoms with Crippen LogP contribution in [0.25, 0.3) is 0 Å². The first kappa shape index (κ1) is 25.0. The number of halogens is 3. The van der Waals surface area contributed by atoms with E-state index < -0.39 is 0 Å². The van der Waals surface area contributed by atoms with Crippen molar-refractivity contribution in [3.8, 4) is 5.75 Å². The SMILES string of the molecule is CCN(CC)CCNCc1cccc(OCc2ccc(Cl)cc2)c1.Cl.Cl. The van der Waals surface area contributed by atoms with Gasteiger partial charge in [-0.1, -0.05) is 49.7 Å². The van der Waals surface area contributed by atoms with Crippen LogP contribution in [0.1, 0.15) is 25.0 Å². The number of ether oxygens (including phenoxy) is 1. The smallest absolute Gasteiger partial charge is 0.120 e. The molecule has 0 spiro atoms. The van der Waals surface area contributed by atoms with Gasteiger partial charge in [0.1, 0.15) is 12.4 Å². The molecule has 0 fully saturated rings. The highest BCUT2D eigenvalue weighted by atomic mass is 35.5. The van der Waals surface area contributed by atoms with Gasteiger partial charge in [-0.2, -0.15) is 0 Å². The molecule has 0 aliphatic heterocycles. The van der Waals surface area contributed by atoms with Gasteiger partial charge in [-0.15, -0.1) is 24.8 Å². The molecule has 0 aliphatic rings. The van der Waals surface area contributed by atoms with Gasteiger partial charge in [0.15, 0.2) is 0 Å². The molecule has 0 radical (unpaired) electrons. The van der Waals surface area contributed by atoms with Gasteiger partial charge < -0.3 is 15.0 Å². The van der Waals surface area contributed by atoms with Crippen LogP contribution in [0.4, 0.5) is 0 Å². The summed E-state index contributed by atoms with van der Waals surface area (Å²) in [6.07, 6.45) is 0. The molecule has 0 unspecified atom stereocenters. The van der Waals surface area contributed by atoms with E-state index in [-0.39, 0.29) is 24.8 Å². The predicted molar refractivity (Wildman–Crippen MR) is 116 cm³/mol. The summed E-state index contributed by atoms with van der Waals surface area (Å²) in [5, 5.41) is 4.24. The molecule has 0 aromatic heterocycles. The Balaban J connectivity index is 0.00000312. The highest BCUT2D eigenvalue weighted by Crippen LogP contribution is 2.16. The summed E-state index contributed by atoms with van der Waals surface area (Å²) in [6, 6.07) is 16.0. The maximum absolute atomic E-state index is 5.90. The molecular formula is C20H29Cl3N2O. The summed E-state index contributed by atoms with van der Waals surface area (Å²) < 4.78 is 5.87. The minimum atomic E-state index is 0. The third-order valence-electron chi connectivity index (χ3n) is 4.05. The molecule has 2 aromatic carbocycles. The quantitative estimate of drug-likeness (QED) is 0.536. The van der Waals surface area contributed by atoms with Crippen LogP contribution in [0.5, 0.6) is 5.75 Å². The molecule has 0 amide bonds. The lowest BCUT2D eigenvalue weighted by Crippen LogP contribution is -2.31. The minimum Gasteiger partial charge on any atom is -0.489 e. The molecule has 0 bridgehead atoms. The summed E-state index contributed by atoms with van der Waals surface area (Å²) in [5.74, 6) is 0.896. The highest BCUT2D eigenvalue weighted by Gasteiger charge is 2.01. The fourth-order valence-electron chi connectivity index (χ4n) is 2.50. The number of nitrogens with one attached hydrogen (secondary N) is 1. The number of rotatable bonds is 10. The van der Waals surface area contributed by atoms with Crippen LogP contribution in [0, 0.1) is 0 Å². The van der Waals surface area contributed by atoms with Crippen LogP contribution < -0.4 is 10.1 Å². The molecule has 2 rings (SSSR count). The van der Waals surface area contributed by atoms with Crippen LogP contribution in [0.15, 0.2) is 48.5 Å². The van der Waals surface area contributed by atoms with Crippen molar-refractivity contribution in [2.45, 2.75) is 27.0 Å². The molecule has 146 valence electrons. The molecule has 2 aromatic rings. The lowest BCUT2D eigenvalue weighted by molar-refractivity contribution is 0.301. The molecule has 0 heterocycles. The van der Waals surface area contributed by atoms with Crippen molar-refractivity contribution < 1.29 is 4.74 Å². The van der Waals surface area contributed by atoms with E-state index in [1.54, 1.807) is 0 Å². The van der Waals surface area contributed by atoms with Crippen molar-refractivity contribution in [3.63, 3.8) is 0 Å². The Labute approximate surface area is 174 Å². The normalized spacial score (nSPS) is 10.2. The molecular weight excluding hydrogens is 391 g/mol. The summed E-state index contributed by atoms with van der Waals surface area (Å²) in [6.45, 7) is 10.1. The summed E-state index contributed by atoms with van der Waals surface area (Å²) in [5.41, 5.74) is 2.35. The zero-order chi connectivity index (χ0) is 17.2. The number of nitrogens with zero attached hydrogens (tertiary/aromatic N) is 1. The van der Waals surface area contributed by atoms with Crippen molar-refractivity contribution in [2.24, 2.45) is 0 Å². The Morgan fingerprint density at radius 3 is 2.31 bits per heavy atom. The third-order valence-corrected chi connectivity index (χ3v) is 4.30. The summed E-state index contributed by atoms with van der Waals surface area (Å²) in [7, 11) is 0. The molecule has 3 nitrogen and oxygen atoms in total. The second-order valence-electron chi connectivity index (χ2n) is 5.77. The van der Waals surface area contributed by atoms with Gasteiger partial charge in [0, 0.05) is 24.7 Å². The number of likely N-dealkylation sites (N-methyl/N-ethyl adjacent to an activating group) is 1. The highest BCUT2D eigenvalue weighted by molar-refractivity contribution is 6.30. The van der Waals surface area contributed by atoms with Crippen molar-refractivity contribution >= 4 is 36.4 Å². The van der Waals surface area contributed by atoms with Gasteiger partial charge in [0.25, 0.3) is 0 Å². The van der Waals surface area contributed by atoms with Gasteiger partial charge in [0.05, 0.1) is 0 Å². The van der Waals surface area contributed by atoms with Crippen molar-refractivity contribution in [1.82, 2.24) is 10.2 Å². The molecule has 0 atom stereocenters. The predicted octanol–water partition coefficient (Wildman–Crippen LogP) is 5.19. The lowest BCUT2D eigenvalue weighted by atomic mass is 10.2.